The van der Waals surface area contributed by atoms with Gasteiger partial charge < -0.3 is 9.64 Å². The Morgan fingerprint density at radius 3 is 2.90 bits per heavy atom. The molecule has 112 valence electrons. The van der Waals surface area contributed by atoms with E-state index in [9.17, 15) is 8.42 Å². The molecule has 7 heteroatoms. The van der Waals surface area contributed by atoms with Crippen LogP contribution in [0.1, 0.15) is 18.9 Å². The van der Waals surface area contributed by atoms with Crippen LogP contribution in [0.2, 0.25) is 5.15 Å². The van der Waals surface area contributed by atoms with E-state index in [0.29, 0.717) is 23.9 Å². The molecule has 2 rings (SSSR count). The van der Waals surface area contributed by atoms with Crippen LogP contribution < -0.4 is 4.90 Å². The second kappa shape index (κ2) is 6.28. The lowest BCUT2D eigenvalue weighted by atomic mass is 10.1. The SMILES string of the molecule is CCC1COCCN1c1cc(CS(C)(=O)=O)cc(Cl)n1. The van der Waals surface area contributed by atoms with Crippen LogP contribution in [0.5, 0.6) is 0 Å². The zero-order chi connectivity index (χ0) is 14.8. The zero-order valence-electron chi connectivity index (χ0n) is 11.7. The van der Waals surface area contributed by atoms with Crippen LogP contribution in [0.15, 0.2) is 12.1 Å². The topological polar surface area (TPSA) is 59.5 Å². The van der Waals surface area contributed by atoms with E-state index in [4.69, 9.17) is 16.3 Å². The Bertz CT molecular complexity index is 577. The Morgan fingerprint density at radius 2 is 2.25 bits per heavy atom. The molecule has 0 spiro atoms. The van der Waals surface area contributed by atoms with Crippen molar-refractivity contribution < 1.29 is 13.2 Å². The number of morpholine rings is 1. The summed E-state index contributed by atoms with van der Waals surface area (Å²) in [5.41, 5.74) is 0.670. The predicted molar refractivity (Wildman–Crippen MR) is 80.0 cm³/mol. The molecule has 1 aliphatic rings. The Hall–Kier alpha value is -0.850. The van der Waals surface area contributed by atoms with Gasteiger partial charge in [-0.25, -0.2) is 13.4 Å². The highest BCUT2D eigenvalue weighted by atomic mass is 35.5. The number of hydrogen-bond donors (Lipinski definition) is 0. The molecule has 1 atom stereocenters. The van der Waals surface area contributed by atoms with Crippen LogP contribution in [0, 0.1) is 0 Å². The first-order valence-electron chi connectivity index (χ1n) is 6.57. The molecule has 20 heavy (non-hydrogen) atoms. The molecule has 1 aromatic heterocycles. The molecular formula is C13H19ClN2O3S. The molecule has 1 unspecified atom stereocenters. The van der Waals surface area contributed by atoms with Crippen molar-refractivity contribution >= 4 is 27.3 Å². The van der Waals surface area contributed by atoms with Crippen LogP contribution in [0.3, 0.4) is 0 Å². The maximum absolute atomic E-state index is 11.4. The van der Waals surface area contributed by atoms with Gasteiger partial charge in [-0.1, -0.05) is 18.5 Å². The van der Waals surface area contributed by atoms with Crippen LogP contribution in [0.4, 0.5) is 5.82 Å². The molecule has 0 saturated carbocycles. The van der Waals surface area contributed by atoms with Crippen molar-refractivity contribution in [2.24, 2.45) is 0 Å². The fourth-order valence-electron chi connectivity index (χ4n) is 2.36. The number of sulfone groups is 1. The largest absolute Gasteiger partial charge is 0.377 e. The zero-order valence-corrected chi connectivity index (χ0v) is 13.2. The molecule has 2 heterocycles. The lowest BCUT2D eigenvalue weighted by molar-refractivity contribution is 0.0925. The fourth-order valence-corrected chi connectivity index (χ4v) is 3.36. The summed E-state index contributed by atoms with van der Waals surface area (Å²) in [6.45, 7) is 4.14. The van der Waals surface area contributed by atoms with Crippen molar-refractivity contribution in [3.05, 3.63) is 22.8 Å². The highest BCUT2D eigenvalue weighted by molar-refractivity contribution is 7.89. The standard InChI is InChI=1S/C13H19ClN2O3S/c1-3-11-8-19-5-4-16(11)13-7-10(6-12(14)15-13)9-20(2,17)18/h6-7,11H,3-5,8-9H2,1-2H3. The molecule has 0 radical (unpaired) electrons. The number of halogens is 1. The van der Waals surface area contributed by atoms with E-state index in [1.807, 2.05) is 0 Å². The van der Waals surface area contributed by atoms with E-state index in [-0.39, 0.29) is 11.8 Å². The summed E-state index contributed by atoms with van der Waals surface area (Å²) in [7, 11) is -3.09. The van der Waals surface area contributed by atoms with Gasteiger partial charge >= 0.3 is 0 Å². The maximum atomic E-state index is 11.4. The molecule has 0 amide bonds. The van der Waals surface area contributed by atoms with Gasteiger partial charge in [-0.3, -0.25) is 0 Å². The van der Waals surface area contributed by atoms with Crippen molar-refractivity contribution in [3.8, 4) is 0 Å². The number of hydrogen-bond acceptors (Lipinski definition) is 5. The Kier molecular flexibility index (Phi) is 4.88. The second-order valence-electron chi connectivity index (χ2n) is 5.06. The number of pyridine rings is 1. The third kappa shape index (κ3) is 4.07. The molecule has 0 aliphatic carbocycles. The van der Waals surface area contributed by atoms with E-state index in [1.54, 1.807) is 12.1 Å². The number of aromatic nitrogens is 1. The van der Waals surface area contributed by atoms with Crippen molar-refractivity contribution in [2.45, 2.75) is 25.1 Å². The summed E-state index contributed by atoms with van der Waals surface area (Å²) in [5.74, 6) is 0.704. The molecule has 0 aromatic carbocycles. The minimum absolute atomic E-state index is 0.0244. The molecule has 5 nitrogen and oxygen atoms in total. The second-order valence-corrected chi connectivity index (χ2v) is 7.58. The maximum Gasteiger partial charge on any atom is 0.151 e. The van der Waals surface area contributed by atoms with E-state index in [1.165, 1.54) is 6.26 Å². The first-order valence-corrected chi connectivity index (χ1v) is 9.01. The molecule has 1 aromatic rings. The summed E-state index contributed by atoms with van der Waals surface area (Å²) < 4.78 is 28.3. The fraction of sp³-hybridized carbons (Fsp3) is 0.615. The van der Waals surface area contributed by atoms with Crippen LogP contribution in [0.25, 0.3) is 0 Å². The first kappa shape index (κ1) is 15.5. The Balaban J connectivity index is 2.31. The average Bonchev–Trinajstić information content (AvgIpc) is 2.36. The number of anilines is 1. The lowest BCUT2D eigenvalue weighted by Crippen LogP contribution is -2.45. The molecular weight excluding hydrogens is 300 g/mol. The van der Waals surface area contributed by atoms with Crippen LogP contribution >= 0.6 is 11.6 Å². The van der Waals surface area contributed by atoms with Gasteiger partial charge in [0.05, 0.1) is 25.0 Å². The highest BCUT2D eigenvalue weighted by Gasteiger charge is 2.23. The summed E-state index contributed by atoms with van der Waals surface area (Å²) in [6.07, 6.45) is 2.15. The van der Waals surface area contributed by atoms with Gasteiger partial charge in [0.25, 0.3) is 0 Å². The number of nitrogens with zero attached hydrogens (tertiary/aromatic N) is 2. The van der Waals surface area contributed by atoms with Gasteiger partial charge in [-0.15, -0.1) is 0 Å². The van der Waals surface area contributed by atoms with Gasteiger partial charge in [-0.05, 0) is 24.1 Å². The Labute approximate surface area is 124 Å². The number of ether oxygens (including phenoxy) is 1. The van der Waals surface area contributed by atoms with Crippen molar-refractivity contribution in [3.63, 3.8) is 0 Å². The quantitative estimate of drug-likeness (QED) is 0.794. The van der Waals surface area contributed by atoms with Crippen molar-refractivity contribution in [1.29, 1.82) is 0 Å². The van der Waals surface area contributed by atoms with E-state index in [2.05, 4.69) is 16.8 Å². The molecule has 1 fully saturated rings. The van der Waals surface area contributed by atoms with Gasteiger partial charge in [-0.2, -0.15) is 0 Å². The predicted octanol–water partition coefficient (Wildman–Crippen LogP) is 1.89. The van der Waals surface area contributed by atoms with Crippen molar-refractivity contribution in [1.82, 2.24) is 4.98 Å². The minimum atomic E-state index is -3.09. The minimum Gasteiger partial charge on any atom is -0.377 e. The monoisotopic (exact) mass is 318 g/mol. The summed E-state index contributed by atoms with van der Waals surface area (Å²) in [6, 6.07) is 3.66. The normalized spacial score (nSPS) is 20.1. The number of rotatable bonds is 4. The smallest absolute Gasteiger partial charge is 0.151 e. The van der Waals surface area contributed by atoms with Gasteiger partial charge in [0.15, 0.2) is 9.84 Å². The molecule has 1 saturated heterocycles. The van der Waals surface area contributed by atoms with E-state index in [0.717, 1.165) is 18.8 Å². The average molecular weight is 319 g/mol. The lowest BCUT2D eigenvalue weighted by Gasteiger charge is -2.36. The molecule has 0 N–H and O–H groups in total. The van der Waals surface area contributed by atoms with Gasteiger partial charge in [0.1, 0.15) is 11.0 Å². The van der Waals surface area contributed by atoms with Crippen LogP contribution in [-0.2, 0) is 20.3 Å². The third-order valence-electron chi connectivity index (χ3n) is 3.26. The van der Waals surface area contributed by atoms with E-state index >= 15 is 0 Å². The first-order chi connectivity index (χ1) is 9.39. The summed E-state index contributed by atoms with van der Waals surface area (Å²) >= 11 is 6.03. The summed E-state index contributed by atoms with van der Waals surface area (Å²) in [5, 5.41) is 0.322. The third-order valence-corrected chi connectivity index (χ3v) is 4.31. The van der Waals surface area contributed by atoms with Crippen LogP contribution in [-0.4, -0.2) is 45.5 Å². The molecule has 1 aliphatic heterocycles. The summed E-state index contributed by atoms with van der Waals surface area (Å²) in [4.78, 5) is 6.47. The van der Waals surface area contributed by atoms with Gasteiger partial charge in [0.2, 0.25) is 0 Å². The van der Waals surface area contributed by atoms with Crippen molar-refractivity contribution in [2.75, 3.05) is 30.9 Å². The van der Waals surface area contributed by atoms with Gasteiger partial charge in [0, 0.05) is 12.8 Å². The van der Waals surface area contributed by atoms with E-state index < -0.39 is 9.84 Å². The molecule has 0 bridgehead atoms. The Morgan fingerprint density at radius 1 is 1.50 bits per heavy atom. The highest BCUT2D eigenvalue weighted by Crippen LogP contribution is 2.24.